The first kappa shape index (κ1) is 31.6. The van der Waals surface area contributed by atoms with Gasteiger partial charge in [0, 0.05) is 30.4 Å². The van der Waals surface area contributed by atoms with Crippen LogP contribution in [0.2, 0.25) is 0 Å². The lowest BCUT2D eigenvalue weighted by atomic mass is 9.83. The molecular weight excluding hydrogens is 540 g/mol. The number of pyridine rings is 2. The number of carbonyl (C=O) groups is 2. The van der Waals surface area contributed by atoms with E-state index >= 15 is 0 Å². The third-order valence-electron chi connectivity index (χ3n) is 5.65. The van der Waals surface area contributed by atoms with Gasteiger partial charge in [-0.2, -0.15) is 0 Å². The predicted molar refractivity (Wildman–Crippen MR) is 157 cm³/mol. The van der Waals surface area contributed by atoms with Gasteiger partial charge in [-0.15, -0.1) is 0 Å². The molecule has 11 nitrogen and oxygen atoms in total. The summed E-state index contributed by atoms with van der Waals surface area (Å²) in [5.41, 5.74) is 4.81. The molecule has 0 amide bonds. The first-order chi connectivity index (χ1) is 19.7. The first-order valence-corrected chi connectivity index (χ1v) is 13.2. The summed E-state index contributed by atoms with van der Waals surface area (Å²) in [7, 11) is 0. The highest BCUT2D eigenvalue weighted by Gasteiger charge is 2.26. The number of anilines is 1. The molecule has 0 radical (unpaired) electrons. The number of benzene rings is 1. The van der Waals surface area contributed by atoms with Crippen LogP contribution in [0.5, 0.6) is 5.75 Å². The van der Waals surface area contributed by atoms with E-state index in [4.69, 9.17) is 19.5 Å². The Labute approximate surface area is 244 Å². The molecule has 1 aromatic carbocycles. The Kier molecular flexibility index (Phi) is 10.2. The number of hydrogen-bond acceptors (Lipinski definition) is 9. The van der Waals surface area contributed by atoms with Crippen molar-refractivity contribution in [2.24, 2.45) is 0 Å². The van der Waals surface area contributed by atoms with Gasteiger partial charge < -0.3 is 29.5 Å². The van der Waals surface area contributed by atoms with Gasteiger partial charge in [-0.1, -0.05) is 44.1 Å². The van der Waals surface area contributed by atoms with Crippen molar-refractivity contribution >= 4 is 18.1 Å². The fourth-order valence-electron chi connectivity index (χ4n) is 3.93. The highest BCUT2D eigenvalue weighted by Crippen LogP contribution is 2.38. The maximum absolute atomic E-state index is 9.21. The van der Waals surface area contributed by atoms with E-state index in [2.05, 4.69) is 84.9 Å². The molecule has 4 rings (SSSR count). The molecule has 42 heavy (non-hydrogen) atoms. The predicted octanol–water partition coefficient (Wildman–Crippen LogP) is 7.17. The van der Waals surface area contributed by atoms with Crippen LogP contribution >= 0.6 is 0 Å². The number of carboxylic acid groups (broad SMARTS) is 2. The number of hydrogen-bond donors (Lipinski definition) is 3. The molecule has 0 saturated carbocycles. The fourth-order valence-corrected chi connectivity index (χ4v) is 3.93. The van der Waals surface area contributed by atoms with Crippen LogP contribution in [0.1, 0.15) is 64.1 Å². The fraction of sp³-hybridized carbons (Fsp3) is 0.323. The number of rotatable bonds is 7. The molecule has 0 aliphatic heterocycles. The van der Waals surface area contributed by atoms with Crippen molar-refractivity contribution in [1.82, 2.24) is 15.1 Å². The molecule has 222 valence electrons. The van der Waals surface area contributed by atoms with Crippen molar-refractivity contribution in [3.63, 3.8) is 0 Å². The minimum absolute atomic E-state index is 0.0787. The Morgan fingerprint density at radius 1 is 0.881 bits per heavy atom. The molecule has 0 atom stereocenters. The zero-order valence-electron chi connectivity index (χ0n) is 24.5. The minimum atomic E-state index is -1.81. The largest absolute Gasteiger partial charge is 0.516 e. The monoisotopic (exact) mass is 576 g/mol. The van der Waals surface area contributed by atoms with Gasteiger partial charge in [0.05, 0.1) is 17.0 Å². The Morgan fingerprint density at radius 2 is 1.57 bits per heavy atom. The van der Waals surface area contributed by atoms with Gasteiger partial charge in [-0.25, -0.2) is 14.6 Å². The van der Waals surface area contributed by atoms with E-state index in [0.29, 0.717) is 13.0 Å². The Morgan fingerprint density at radius 3 is 2.12 bits per heavy atom. The molecular formula is C31H36N4O7. The smallest absolute Gasteiger partial charge is 0.487 e. The number of aromatic nitrogens is 3. The third-order valence-corrected chi connectivity index (χ3v) is 5.65. The summed E-state index contributed by atoms with van der Waals surface area (Å²) >= 11 is 0. The molecule has 0 aliphatic carbocycles. The molecule has 0 unspecified atom stereocenters. The van der Waals surface area contributed by atoms with E-state index in [-0.39, 0.29) is 11.0 Å². The van der Waals surface area contributed by atoms with E-state index in [1.807, 2.05) is 42.6 Å². The van der Waals surface area contributed by atoms with Gasteiger partial charge in [0.1, 0.15) is 18.2 Å². The van der Waals surface area contributed by atoms with Crippen LogP contribution in [0.25, 0.3) is 11.3 Å². The number of ether oxygens (including phenoxy) is 2. The van der Waals surface area contributed by atoms with Crippen molar-refractivity contribution in [1.29, 1.82) is 0 Å². The Balaban J connectivity index is 0.000000616. The summed E-state index contributed by atoms with van der Waals surface area (Å²) in [5, 5.41) is 22.9. The van der Waals surface area contributed by atoms with Crippen LogP contribution in [0.3, 0.4) is 0 Å². The SMILES string of the molecule is CC(C)(C)Nc1nccc(C(C)(C)C)c1-c1cc(Cc2ccc(OCc3ccccn3)cc2)no1.O=C(O)OC(=O)O. The summed E-state index contributed by atoms with van der Waals surface area (Å²) in [6.07, 6.45) is 0.663. The highest BCUT2D eigenvalue weighted by atomic mass is 16.7. The van der Waals surface area contributed by atoms with Crippen LogP contribution in [0.15, 0.2) is 71.5 Å². The van der Waals surface area contributed by atoms with Crippen LogP contribution in [-0.4, -0.2) is 43.2 Å². The second-order valence-electron chi connectivity index (χ2n) is 11.5. The van der Waals surface area contributed by atoms with Gasteiger partial charge in [0.25, 0.3) is 0 Å². The average molecular weight is 577 g/mol. The third kappa shape index (κ3) is 9.92. The van der Waals surface area contributed by atoms with Crippen LogP contribution in [0, 0.1) is 0 Å². The lowest BCUT2D eigenvalue weighted by molar-refractivity contribution is 0.0801. The molecule has 0 bridgehead atoms. The Hall–Kier alpha value is -4.93. The maximum Gasteiger partial charge on any atom is 0.516 e. The van der Waals surface area contributed by atoms with Gasteiger partial charge in [0.15, 0.2) is 5.76 Å². The van der Waals surface area contributed by atoms with Crippen molar-refractivity contribution in [3.8, 4) is 17.1 Å². The second-order valence-corrected chi connectivity index (χ2v) is 11.5. The number of nitrogens with one attached hydrogen (secondary N) is 1. The molecule has 0 saturated heterocycles. The van der Waals surface area contributed by atoms with Gasteiger partial charge in [-0.3, -0.25) is 4.98 Å². The first-order valence-electron chi connectivity index (χ1n) is 13.2. The van der Waals surface area contributed by atoms with Crippen molar-refractivity contribution in [3.05, 3.63) is 89.5 Å². The summed E-state index contributed by atoms with van der Waals surface area (Å²) in [4.78, 5) is 27.3. The molecule has 11 heteroatoms. The molecule has 0 spiro atoms. The second kappa shape index (κ2) is 13.6. The van der Waals surface area contributed by atoms with E-state index in [9.17, 15) is 9.59 Å². The van der Waals surface area contributed by atoms with E-state index in [1.165, 1.54) is 0 Å². The summed E-state index contributed by atoms with van der Waals surface area (Å²) in [6.45, 7) is 13.4. The van der Waals surface area contributed by atoms with Crippen LogP contribution in [0.4, 0.5) is 15.4 Å². The highest BCUT2D eigenvalue weighted by molar-refractivity contribution is 5.76. The van der Waals surface area contributed by atoms with Gasteiger partial charge in [0.2, 0.25) is 0 Å². The zero-order chi connectivity index (χ0) is 30.9. The van der Waals surface area contributed by atoms with Crippen LogP contribution in [-0.2, 0) is 23.2 Å². The number of nitrogens with zero attached hydrogens (tertiary/aromatic N) is 3. The van der Waals surface area contributed by atoms with E-state index < -0.39 is 12.3 Å². The van der Waals surface area contributed by atoms with Crippen LogP contribution < -0.4 is 10.1 Å². The zero-order valence-corrected chi connectivity index (χ0v) is 24.5. The normalized spacial score (nSPS) is 11.2. The lowest BCUT2D eigenvalue weighted by Gasteiger charge is -2.27. The van der Waals surface area contributed by atoms with E-state index in [0.717, 1.165) is 45.4 Å². The maximum atomic E-state index is 9.21. The summed E-state index contributed by atoms with van der Waals surface area (Å²) in [6, 6.07) is 17.9. The average Bonchev–Trinajstić information content (AvgIpc) is 3.35. The molecule has 3 heterocycles. The van der Waals surface area contributed by atoms with Crippen molar-refractivity contribution < 1.29 is 33.8 Å². The van der Waals surface area contributed by atoms with Crippen molar-refractivity contribution in [2.75, 3.05) is 5.32 Å². The molecule has 4 aromatic rings. The molecule has 3 N–H and O–H groups in total. The topological polar surface area (TPSA) is 157 Å². The lowest BCUT2D eigenvalue weighted by Crippen LogP contribution is -2.27. The quantitative estimate of drug-likeness (QED) is 0.151. The molecule has 0 fully saturated rings. The molecule has 3 aromatic heterocycles. The molecule has 0 aliphatic rings. The van der Waals surface area contributed by atoms with Crippen molar-refractivity contribution in [2.45, 2.75) is 65.5 Å². The van der Waals surface area contributed by atoms with Gasteiger partial charge >= 0.3 is 12.3 Å². The standard InChI is InChI=1S/C29H34N4O2.C2H2O5/c1-28(2,3)24-14-16-31-27(32-29(4,5)6)26(24)25-18-22(33-35-25)17-20-10-12-23(13-11-20)34-19-21-9-7-8-15-30-21;3-1(4)7-2(5)6/h7-16,18H,17,19H2,1-6H3,(H,31,32);(H,3,4)(H,5,6). The summed E-state index contributed by atoms with van der Waals surface area (Å²) in [5.74, 6) is 2.34. The summed E-state index contributed by atoms with van der Waals surface area (Å²) < 4.78 is 14.8. The Bertz CT molecular complexity index is 1460. The minimum Gasteiger partial charge on any atom is -0.487 e. The van der Waals surface area contributed by atoms with E-state index in [1.54, 1.807) is 6.20 Å². The van der Waals surface area contributed by atoms with Gasteiger partial charge in [-0.05, 0) is 67.6 Å².